The van der Waals surface area contributed by atoms with Gasteiger partial charge < -0.3 is 4.84 Å². The zero-order chi connectivity index (χ0) is 16.4. The lowest BCUT2D eigenvalue weighted by Gasteiger charge is -2.20. The molecule has 0 saturated carbocycles. The maximum absolute atomic E-state index is 12.2. The number of thiophene rings is 1. The number of Topliss-reactive ketones (excluding diaryl/α,β-unsaturated/α-hetero) is 1. The van der Waals surface area contributed by atoms with Gasteiger partial charge in [0, 0.05) is 12.8 Å². The van der Waals surface area contributed by atoms with E-state index in [1.54, 1.807) is 12.1 Å². The first kappa shape index (κ1) is 16.2. The van der Waals surface area contributed by atoms with Crippen molar-refractivity contribution >= 4 is 34.4 Å². The van der Waals surface area contributed by atoms with E-state index in [1.165, 1.54) is 16.9 Å². The molecule has 0 spiro atoms. The van der Waals surface area contributed by atoms with Gasteiger partial charge in [0.15, 0.2) is 5.78 Å². The third-order valence-corrected chi connectivity index (χ3v) is 5.30. The predicted octanol–water partition coefficient (Wildman–Crippen LogP) is 5.26. The molecule has 0 aliphatic carbocycles. The van der Waals surface area contributed by atoms with Crippen molar-refractivity contribution in [2.75, 3.05) is 0 Å². The van der Waals surface area contributed by atoms with E-state index in [9.17, 15) is 4.79 Å². The van der Waals surface area contributed by atoms with Gasteiger partial charge in [0.1, 0.15) is 5.60 Å². The number of hydrogen-bond acceptors (Lipinski definition) is 4. The summed E-state index contributed by atoms with van der Waals surface area (Å²) in [6.07, 6.45) is 1.79. The standard InChI is InChI=1S/C18H18ClNO2S/c1-12-3-5-13(6-4-12)14-11-18(2,22-20-14)10-9-15(21)16-7-8-17(19)23-16/h3-8H,9-11H2,1-2H3. The Balaban J connectivity index is 1.59. The van der Waals surface area contributed by atoms with Crippen molar-refractivity contribution in [1.82, 2.24) is 0 Å². The molecule has 2 aromatic rings. The van der Waals surface area contributed by atoms with Crippen molar-refractivity contribution in [2.45, 2.75) is 38.7 Å². The largest absolute Gasteiger partial charge is 0.389 e. The lowest BCUT2D eigenvalue weighted by molar-refractivity contribution is -0.0103. The topological polar surface area (TPSA) is 38.7 Å². The number of nitrogens with zero attached hydrogens (tertiary/aromatic N) is 1. The number of benzene rings is 1. The van der Waals surface area contributed by atoms with Crippen molar-refractivity contribution in [3.8, 4) is 0 Å². The van der Waals surface area contributed by atoms with Crippen molar-refractivity contribution in [3.63, 3.8) is 0 Å². The molecule has 1 aromatic heterocycles. The second kappa shape index (κ2) is 6.46. The molecule has 120 valence electrons. The molecule has 23 heavy (non-hydrogen) atoms. The lowest BCUT2D eigenvalue weighted by Crippen LogP contribution is -2.25. The number of carbonyl (C=O) groups is 1. The van der Waals surface area contributed by atoms with E-state index >= 15 is 0 Å². The summed E-state index contributed by atoms with van der Waals surface area (Å²) >= 11 is 7.20. The first-order chi connectivity index (χ1) is 11.0. The smallest absolute Gasteiger partial charge is 0.172 e. The van der Waals surface area contributed by atoms with Crippen LogP contribution in [0.25, 0.3) is 0 Å². The van der Waals surface area contributed by atoms with Crippen LogP contribution in [-0.4, -0.2) is 17.1 Å². The fourth-order valence-electron chi connectivity index (χ4n) is 2.58. The summed E-state index contributed by atoms with van der Waals surface area (Å²) in [5.74, 6) is 0.107. The Labute approximate surface area is 144 Å². The van der Waals surface area contributed by atoms with E-state index in [4.69, 9.17) is 16.4 Å². The summed E-state index contributed by atoms with van der Waals surface area (Å²) in [5, 5.41) is 4.23. The molecule has 3 rings (SSSR count). The Hall–Kier alpha value is -1.65. The van der Waals surface area contributed by atoms with Crippen molar-refractivity contribution in [3.05, 3.63) is 56.7 Å². The molecule has 0 N–H and O–H groups in total. The number of rotatable bonds is 5. The average molecular weight is 348 g/mol. The summed E-state index contributed by atoms with van der Waals surface area (Å²) in [4.78, 5) is 18.6. The lowest BCUT2D eigenvalue weighted by atomic mass is 9.90. The fraction of sp³-hybridized carbons (Fsp3) is 0.333. The Kier molecular flexibility index (Phi) is 4.55. The number of aryl methyl sites for hydroxylation is 1. The number of ketones is 1. The second-order valence-electron chi connectivity index (χ2n) is 6.15. The van der Waals surface area contributed by atoms with Crippen molar-refractivity contribution in [1.29, 1.82) is 0 Å². The molecular formula is C18H18ClNO2S. The highest BCUT2D eigenvalue weighted by Crippen LogP contribution is 2.32. The van der Waals surface area contributed by atoms with Crippen molar-refractivity contribution < 1.29 is 9.63 Å². The van der Waals surface area contributed by atoms with Gasteiger partial charge in [-0.25, -0.2) is 0 Å². The number of halogens is 1. The Morgan fingerprint density at radius 3 is 2.70 bits per heavy atom. The van der Waals surface area contributed by atoms with E-state index in [0.29, 0.717) is 28.5 Å². The summed E-state index contributed by atoms with van der Waals surface area (Å²) in [6.45, 7) is 4.07. The molecule has 3 nitrogen and oxygen atoms in total. The predicted molar refractivity (Wildman–Crippen MR) is 94.7 cm³/mol. The molecule has 0 fully saturated rings. The number of oxime groups is 1. The Bertz CT molecular complexity index is 751. The molecule has 1 unspecified atom stereocenters. The zero-order valence-corrected chi connectivity index (χ0v) is 14.7. The van der Waals surface area contributed by atoms with Crippen LogP contribution >= 0.6 is 22.9 Å². The van der Waals surface area contributed by atoms with Gasteiger partial charge in [0.25, 0.3) is 0 Å². The Morgan fingerprint density at radius 1 is 1.30 bits per heavy atom. The molecule has 5 heteroatoms. The van der Waals surface area contributed by atoms with Crippen LogP contribution in [0.15, 0.2) is 41.6 Å². The second-order valence-corrected chi connectivity index (χ2v) is 7.86. The summed E-state index contributed by atoms with van der Waals surface area (Å²) in [5.41, 5.74) is 2.82. The van der Waals surface area contributed by atoms with Crippen LogP contribution in [0.2, 0.25) is 4.34 Å². The van der Waals surface area contributed by atoms with Gasteiger partial charge in [-0.3, -0.25) is 4.79 Å². The first-order valence-corrected chi connectivity index (χ1v) is 8.75. The van der Waals surface area contributed by atoms with E-state index < -0.39 is 5.60 Å². The molecule has 0 radical (unpaired) electrons. The highest BCUT2D eigenvalue weighted by Gasteiger charge is 2.35. The molecule has 1 aliphatic rings. The normalized spacial score (nSPS) is 20.2. The minimum atomic E-state index is -0.420. The molecule has 0 bridgehead atoms. The average Bonchev–Trinajstić information content (AvgIpc) is 3.13. The molecule has 0 amide bonds. The van der Waals surface area contributed by atoms with Gasteiger partial charge in [-0.15, -0.1) is 11.3 Å². The van der Waals surface area contributed by atoms with Crippen LogP contribution in [-0.2, 0) is 4.84 Å². The summed E-state index contributed by atoms with van der Waals surface area (Å²) in [6, 6.07) is 11.8. The van der Waals surface area contributed by atoms with Crippen LogP contribution in [0.3, 0.4) is 0 Å². The van der Waals surface area contributed by atoms with Crippen LogP contribution in [0.4, 0.5) is 0 Å². The van der Waals surface area contributed by atoms with Gasteiger partial charge in [0.2, 0.25) is 0 Å². The van der Waals surface area contributed by atoms with Gasteiger partial charge >= 0.3 is 0 Å². The van der Waals surface area contributed by atoms with Gasteiger partial charge in [-0.1, -0.05) is 46.6 Å². The molecule has 1 atom stereocenters. The molecule has 2 heterocycles. The van der Waals surface area contributed by atoms with Gasteiger partial charge in [-0.05, 0) is 38.0 Å². The maximum Gasteiger partial charge on any atom is 0.172 e. The zero-order valence-electron chi connectivity index (χ0n) is 13.1. The minimum absolute atomic E-state index is 0.107. The van der Waals surface area contributed by atoms with E-state index in [-0.39, 0.29) is 5.78 Å². The molecule has 0 saturated heterocycles. The summed E-state index contributed by atoms with van der Waals surface area (Å²) < 4.78 is 0.640. The van der Waals surface area contributed by atoms with Crippen LogP contribution in [0.1, 0.15) is 47.0 Å². The fourth-order valence-corrected chi connectivity index (χ4v) is 3.59. The van der Waals surface area contributed by atoms with E-state index in [0.717, 1.165) is 11.3 Å². The SMILES string of the molecule is Cc1ccc(C2=NOC(C)(CCC(=O)c3ccc(Cl)s3)C2)cc1. The van der Waals surface area contributed by atoms with Crippen LogP contribution in [0, 0.1) is 6.92 Å². The quantitative estimate of drug-likeness (QED) is 0.692. The maximum atomic E-state index is 12.2. The molecule has 1 aromatic carbocycles. The monoisotopic (exact) mass is 347 g/mol. The Morgan fingerprint density at radius 2 is 2.04 bits per heavy atom. The van der Waals surface area contributed by atoms with Crippen LogP contribution in [0.5, 0.6) is 0 Å². The highest BCUT2D eigenvalue weighted by atomic mass is 35.5. The van der Waals surface area contributed by atoms with Gasteiger partial charge in [0.05, 0.1) is 14.9 Å². The van der Waals surface area contributed by atoms with Crippen LogP contribution < -0.4 is 0 Å². The third-order valence-electron chi connectivity index (χ3n) is 4.03. The van der Waals surface area contributed by atoms with E-state index in [2.05, 4.69) is 36.3 Å². The summed E-state index contributed by atoms with van der Waals surface area (Å²) in [7, 11) is 0. The highest BCUT2D eigenvalue weighted by molar-refractivity contribution is 7.18. The van der Waals surface area contributed by atoms with Gasteiger partial charge in [-0.2, -0.15) is 0 Å². The number of hydrogen-bond donors (Lipinski definition) is 0. The third kappa shape index (κ3) is 3.82. The molecular weight excluding hydrogens is 330 g/mol. The number of carbonyl (C=O) groups excluding carboxylic acids is 1. The minimum Gasteiger partial charge on any atom is -0.389 e. The van der Waals surface area contributed by atoms with E-state index in [1.807, 2.05) is 6.92 Å². The molecule has 1 aliphatic heterocycles. The van der Waals surface area contributed by atoms with Crippen molar-refractivity contribution in [2.24, 2.45) is 5.16 Å². The first-order valence-electron chi connectivity index (χ1n) is 7.56.